The minimum atomic E-state index is -0.0136. The van der Waals surface area contributed by atoms with Gasteiger partial charge in [0, 0.05) is 10.4 Å². The SMILES string of the molecule is CCc1cc2c(=O)n(Cc3cccc4c3OCCO4)cnc2s1. The maximum absolute atomic E-state index is 12.7. The molecule has 118 valence electrons. The second-order valence-corrected chi connectivity index (χ2v) is 6.52. The number of fused-ring (bicyclic) bond motifs is 2. The molecule has 23 heavy (non-hydrogen) atoms. The third kappa shape index (κ3) is 2.49. The Morgan fingerprint density at radius 1 is 1.30 bits per heavy atom. The van der Waals surface area contributed by atoms with E-state index in [-0.39, 0.29) is 5.56 Å². The summed E-state index contributed by atoms with van der Waals surface area (Å²) in [6.45, 7) is 3.58. The Bertz CT molecular complexity index is 929. The Morgan fingerprint density at radius 2 is 2.17 bits per heavy atom. The van der Waals surface area contributed by atoms with Crippen LogP contribution < -0.4 is 15.0 Å². The van der Waals surface area contributed by atoms with Gasteiger partial charge in [-0.25, -0.2) is 4.98 Å². The van der Waals surface area contributed by atoms with Gasteiger partial charge in [-0.3, -0.25) is 9.36 Å². The Kier molecular flexibility index (Phi) is 3.53. The molecular formula is C17H16N2O3S. The van der Waals surface area contributed by atoms with E-state index >= 15 is 0 Å². The van der Waals surface area contributed by atoms with Crippen molar-refractivity contribution in [2.24, 2.45) is 0 Å². The number of aryl methyl sites for hydroxylation is 1. The highest BCUT2D eigenvalue weighted by Crippen LogP contribution is 2.33. The summed E-state index contributed by atoms with van der Waals surface area (Å²) in [6, 6.07) is 7.70. The molecule has 0 aliphatic carbocycles. The monoisotopic (exact) mass is 328 g/mol. The van der Waals surface area contributed by atoms with E-state index in [0.717, 1.165) is 28.3 Å². The van der Waals surface area contributed by atoms with Gasteiger partial charge in [-0.1, -0.05) is 19.1 Å². The molecule has 0 spiro atoms. The van der Waals surface area contributed by atoms with Gasteiger partial charge < -0.3 is 9.47 Å². The molecule has 0 bridgehead atoms. The zero-order valence-electron chi connectivity index (χ0n) is 12.7. The molecule has 0 saturated heterocycles. The molecule has 2 aromatic heterocycles. The van der Waals surface area contributed by atoms with Crippen molar-refractivity contribution in [3.8, 4) is 11.5 Å². The van der Waals surface area contributed by atoms with Gasteiger partial charge in [-0.15, -0.1) is 11.3 Å². The molecule has 5 nitrogen and oxygen atoms in total. The van der Waals surface area contributed by atoms with Gasteiger partial charge in [0.05, 0.1) is 18.3 Å². The summed E-state index contributed by atoms with van der Waals surface area (Å²) < 4.78 is 12.9. The second kappa shape index (κ2) is 5.70. The fraction of sp³-hybridized carbons (Fsp3) is 0.294. The van der Waals surface area contributed by atoms with Gasteiger partial charge in [-0.2, -0.15) is 0 Å². The minimum absolute atomic E-state index is 0.0136. The average molecular weight is 328 g/mol. The number of rotatable bonds is 3. The molecule has 1 aliphatic heterocycles. The first-order valence-corrected chi connectivity index (χ1v) is 8.43. The smallest absolute Gasteiger partial charge is 0.262 e. The van der Waals surface area contributed by atoms with E-state index in [4.69, 9.17) is 9.47 Å². The molecule has 0 saturated carbocycles. The van der Waals surface area contributed by atoms with Crippen LogP contribution in [0, 0.1) is 0 Å². The number of hydrogen-bond acceptors (Lipinski definition) is 5. The summed E-state index contributed by atoms with van der Waals surface area (Å²) in [4.78, 5) is 19.1. The van der Waals surface area contributed by atoms with Gasteiger partial charge in [0.1, 0.15) is 18.0 Å². The van der Waals surface area contributed by atoms with Crippen LogP contribution in [0.1, 0.15) is 17.4 Å². The molecule has 3 aromatic rings. The maximum atomic E-state index is 12.7. The molecule has 0 N–H and O–H groups in total. The Hall–Kier alpha value is -2.34. The van der Waals surface area contributed by atoms with Crippen LogP contribution in [-0.2, 0) is 13.0 Å². The van der Waals surface area contributed by atoms with Crippen molar-refractivity contribution < 1.29 is 9.47 Å². The van der Waals surface area contributed by atoms with Gasteiger partial charge >= 0.3 is 0 Å². The highest BCUT2D eigenvalue weighted by atomic mass is 32.1. The number of para-hydroxylation sites is 1. The fourth-order valence-corrected chi connectivity index (χ4v) is 3.66. The lowest BCUT2D eigenvalue weighted by Gasteiger charge is -2.21. The van der Waals surface area contributed by atoms with E-state index in [1.807, 2.05) is 24.3 Å². The quantitative estimate of drug-likeness (QED) is 0.742. The maximum Gasteiger partial charge on any atom is 0.262 e. The summed E-state index contributed by atoms with van der Waals surface area (Å²) in [5, 5.41) is 0.691. The van der Waals surface area contributed by atoms with Crippen molar-refractivity contribution in [3.05, 3.63) is 51.4 Å². The van der Waals surface area contributed by atoms with E-state index < -0.39 is 0 Å². The molecule has 0 atom stereocenters. The zero-order chi connectivity index (χ0) is 15.8. The molecule has 0 radical (unpaired) electrons. The predicted octanol–water partition coefficient (Wildman–Crippen LogP) is 2.84. The zero-order valence-corrected chi connectivity index (χ0v) is 13.6. The number of thiophene rings is 1. The standard InChI is InChI=1S/C17H16N2O3S/c1-2-12-8-13-16(23-12)18-10-19(17(13)20)9-11-4-3-5-14-15(11)22-7-6-21-14/h3-5,8,10H,2,6-7,9H2,1H3. The number of benzene rings is 1. The van der Waals surface area contributed by atoms with Crippen molar-refractivity contribution in [1.82, 2.24) is 9.55 Å². The molecule has 1 aliphatic rings. The van der Waals surface area contributed by atoms with E-state index in [1.54, 1.807) is 22.2 Å². The molecular weight excluding hydrogens is 312 g/mol. The fourth-order valence-electron chi connectivity index (χ4n) is 2.74. The van der Waals surface area contributed by atoms with Gasteiger partial charge in [0.2, 0.25) is 0 Å². The highest BCUT2D eigenvalue weighted by molar-refractivity contribution is 7.18. The van der Waals surface area contributed by atoms with Gasteiger partial charge in [0.25, 0.3) is 5.56 Å². The summed E-state index contributed by atoms with van der Waals surface area (Å²) in [6.07, 6.45) is 2.53. The van der Waals surface area contributed by atoms with E-state index in [9.17, 15) is 4.79 Å². The summed E-state index contributed by atoms with van der Waals surface area (Å²) >= 11 is 1.58. The number of aromatic nitrogens is 2. The van der Waals surface area contributed by atoms with Crippen LogP contribution in [0.4, 0.5) is 0 Å². The van der Waals surface area contributed by atoms with Crippen LogP contribution in [0.3, 0.4) is 0 Å². The lowest BCUT2D eigenvalue weighted by Crippen LogP contribution is -2.22. The summed E-state index contributed by atoms with van der Waals surface area (Å²) in [5.74, 6) is 1.46. The summed E-state index contributed by atoms with van der Waals surface area (Å²) in [5.41, 5.74) is 0.914. The largest absolute Gasteiger partial charge is 0.486 e. The Labute approximate surface area is 137 Å². The van der Waals surface area contributed by atoms with Crippen LogP contribution in [0.15, 0.2) is 35.4 Å². The third-order valence-electron chi connectivity index (χ3n) is 3.91. The van der Waals surface area contributed by atoms with Crippen molar-refractivity contribution >= 4 is 21.6 Å². The average Bonchev–Trinajstić information content (AvgIpc) is 3.02. The molecule has 6 heteroatoms. The molecule has 0 unspecified atom stereocenters. The lowest BCUT2D eigenvalue weighted by atomic mass is 10.1. The first kappa shape index (κ1) is 14.3. The Balaban J connectivity index is 1.76. The first-order valence-electron chi connectivity index (χ1n) is 7.61. The van der Waals surface area contributed by atoms with Crippen molar-refractivity contribution in [2.45, 2.75) is 19.9 Å². The van der Waals surface area contributed by atoms with Crippen LogP contribution in [0.5, 0.6) is 11.5 Å². The van der Waals surface area contributed by atoms with Crippen LogP contribution in [0.25, 0.3) is 10.2 Å². The molecule has 1 aromatic carbocycles. The highest BCUT2D eigenvalue weighted by Gasteiger charge is 2.17. The third-order valence-corrected chi connectivity index (χ3v) is 5.09. The second-order valence-electron chi connectivity index (χ2n) is 5.40. The van der Waals surface area contributed by atoms with Crippen molar-refractivity contribution in [1.29, 1.82) is 0 Å². The van der Waals surface area contributed by atoms with E-state index in [2.05, 4.69) is 11.9 Å². The van der Waals surface area contributed by atoms with E-state index in [0.29, 0.717) is 25.1 Å². The van der Waals surface area contributed by atoms with Crippen LogP contribution >= 0.6 is 11.3 Å². The van der Waals surface area contributed by atoms with Gasteiger partial charge in [-0.05, 0) is 18.6 Å². The summed E-state index contributed by atoms with van der Waals surface area (Å²) in [7, 11) is 0. The van der Waals surface area contributed by atoms with Crippen LogP contribution in [-0.4, -0.2) is 22.8 Å². The molecule has 0 amide bonds. The van der Waals surface area contributed by atoms with Crippen molar-refractivity contribution in [3.63, 3.8) is 0 Å². The topological polar surface area (TPSA) is 53.4 Å². The molecule has 4 rings (SSSR count). The number of ether oxygens (including phenoxy) is 2. The minimum Gasteiger partial charge on any atom is -0.486 e. The Morgan fingerprint density at radius 3 is 3.04 bits per heavy atom. The van der Waals surface area contributed by atoms with Gasteiger partial charge in [0.15, 0.2) is 11.5 Å². The molecule has 3 heterocycles. The van der Waals surface area contributed by atoms with Crippen LogP contribution in [0.2, 0.25) is 0 Å². The van der Waals surface area contributed by atoms with E-state index in [1.165, 1.54) is 4.88 Å². The first-order chi connectivity index (χ1) is 11.3. The normalized spacial score (nSPS) is 13.4. The predicted molar refractivity (Wildman–Crippen MR) is 89.8 cm³/mol. The number of nitrogens with zero attached hydrogens (tertiary/aromatic N) is 2. The number of hydrogen-bond donors (Lipinski definition) is 0. The lowest BCUT2D eigenvalue weighted by molar-refractivity contribution is 0.169. The molecule has 0 fully saturated rings. The van der Waals surface area contributed by atoms with Crippen molar-refractivity contribution in [2.75, 3.05) is 13.2 Å².